The fourth-order valence-electron chi connectivity index (χ4n) is 7.41. The molecule has 0 saturated carbocycles. The summed E-state index contributed by atoms with van der Waals surface area (Å²) in [6.45, 7) is 3.62. The summed E-state index contributed by atoms with van der Waals surface area (Å²) in [5, 5.41) is 54.3. The molecule has 7 atom stereocenters. The summed E-state index contributed by atoms with van der Waals surface area (Å²) in [7, 11) is 0. The Labute approximate surface area is 384 Å². The molecule has 0 aliphatic carbocycles. The van der Waals surface area contributed by atoms with Crippen LogP contribution in [0.4, 0.5) is 0 Å². The number of hydrogen-bond donors (Lipinski definition) is 6. The number of nitrogens with one attached hydrogen (secondary N) is 1. The third kappa shape index (κ3) is 33.5. The molecule has 362 valence electrons. The monoisotopic (exact) mass is 884 g/mol. The molecule has 0 aromatic rings. The molecule has 1 saturated heterocycles. The van der Waals surface area contributed by atoms with Crippen molar-refractivity contribution in [2.24, 2.45) is 0 Å². The van der Waals surface area contributed by atoms with Gasteiger partial charge in [0, 0.05) is 6.42 Å². The maximum Gasteiger partial charge on any atom is 0.220 e. The normalized spacial score (nSPS) is 20.9. The molecule has 1 fully saturated rings. The molecule has 9 heteroatoms. The van der Waals surface area contributed by atoms with Crippen molar-refractivity contribution in [2.75, 3.05) is 13.2 Å². The van der Waals surface area contributed by atoms with Gasteiger partial charge < -0.3 is 40.3 Å². The van der Waals surface area contributed by atoms with Crippen LogP contribution in [0.1, 0.15) is 194 Å². The second-order valence-corrected chi connectivity index (χ2v) is 17.2. The molecule has 7 unspecified atom stereocenters. The molecule has 0 bridgehead atoms. The molecule has 0 radical (unpaired) electrons. The molecule has 1 heterocycles. The minimum absolute atomic E-state index is 0.208. The number of unbranched alkanes of at least 4 members (excludes halogenated alkanes) is 19. The Balaban J connectivity index is 2.37. The molecule has 6 N–H and O–H groups in total. The van der Waals surface area contributed by atoms with Gasteiger partial charge in [-0.05, 0) is 83.5 Å². The number of aliphatic hydroxyl groups is 5. The number of amides is 1. The highest BCUT2D eigenvalue weighted by atomic mass is 16.7. The van der Waals surface area contributed by atoms with Crippen LogP contribution in [0.5, 0.6) is 0 Å². The predicted octanol–water partition coefficient (Wildman–Crippen LogP) is 11.5. The molecule has 1 aliphatic rings. The van der Waals surface area contributed by atoms with Crippen LogP contribution in [0, 0.1) is 0 Å². The largest absolute Gasteiger partial charge is 0.394 e. The van der Waals surface area contributed by atoms with Crippen molar-refractivity contribution in [1.29, 1.82) is 0 Å². The summed E-state index contributed by atoms with van der Waals surface area (Å²) >= 11 is 0. The minimum Gasteiger partial charge on any atom is -0.394 e. The molecule has 9 nitrogen and oxygen atoms in total. The minimum atomic E-state index is -1.58. The number of ether oxygens (including phenoxy) is 2. The Kier molecular flexibility index (Phi) is 40.1. The Hall–Kier alpha value is -2.63. The van der Waals surface area contributed by atoms with Crippen molar-refractivity contribution >= 4 is 5.91 Å². The number of allylic oxidation sites excluding steroid dienone is 13. The fraction of sp³-hybridized carbons (Fsp3) is 0.722. The molecule has 1 amide bonds. The number of hydrogen-bond acceptors (Lipinski definition) is 8. The SMILES string of the molecule is CC/C=C\C/C=C\C/C=C\C/C=C\CCCCCCCCC(=O)NC(COC1OC(CO)C(O)C(O)C1O)C(O)/C=C/CC/C=C/CC/C=C/CCCCCCCCCCCCC. The first-order valence-electron chi connectivity index (χ1n) is 25.3. The van der Waals surface area contributed by atoms with Crippen LogP contribution in [0.3, 0.4) is 0 Å². The highest BCUT2D eigenvalue weighted by Gasteiger charge is 2.44. The molecule has 0 aromatic carbocycles. The van der Waals surface area contributed by atoms with Crippen molar-refractivity contribution in [2.45, 2.75) is 236 Å². The molecule has 1 aliphatic heterocycles. The summed E-state index contributed by atoms with van der Waals surface area (Å²) in [5.41, 5.74) is 0. The zero-order chi connectivity index (χ0) is 45.9. The van der Waals surface area contributed by atoms with Crippen LogP contribution in [0.15, 0.2) is 85.1 Å². The Morgan fingerprint density at radius 3 is 1.52 bits per heavy atom. The molecule has 63 heavy (non-hydrogen) atoms. The van der Waals surface area contributed by atoms with E-state index in [1.54, 1.807) is 6.08 Å². The number of rotatable bonds is 41. The van der Waals surface area contributed by atoms with Crippen molar-refractivity contribution in [1.82, 2.24) is 5.32 Å². The lowest BCUT2D eigenvalue weighted by atomic mass is 9.99. The van der Waals surface area contributed by atoms with Gasteiger partial charge >= 0.3 is 0 Å². The first-order chi connectivity index (χ1) is 30.8. The summed E-state index contributed by atoms with van der Waals surface area (Å²) < 4.78 is 11.2. The topological polar surface area (TPSA) is 149 Å². The van der Waals surface area contributed by atoms with E-state index in [2.05, 4.69) is 92.1 Å². The van der Waals surface area contributed by atoms with Crippen LogP contribution in [0.25, 0.3) is 0 Å². The van der Waals surface area contributed by atoms with Gasteiger partial charge in [0.15, 0.2) is 6.29 Å². The summed E-state index contributed by atoms with van der Waals surface area (Å²) in [6.07, 6.45) is 53.4. The van der Waals surface area contributed by atoms with Crippen molar-refractivity contribution in [3.8, 4) is 0 Å². The van der Waals surface area contributed by atoms with Gasteiger partial charge in [-0.15, -0.1) is 0 Å². The standard InChI is InChI=1S/C54H93NO8/c1-3-5-7-9-11-13-15-17-19-21-23-24-26-27-29-31-33-35-37-39-41-43-48(57)47(46-62-54-53(61)52(60)51(59)49(45-56)63-54)55-50(58)44-42-40-38-36-34-32-30-28-25-22-20-18-16-14-12-10-8-6-4-2/h6,8,12,14,18,20,25-28,33,35,41,43,47-49,51-54,56-57,59-61H,3-5,7,9-11,13,15-17,19,21-24,29-32,34,36-40,42,44-46H2,1-2H3,(H,55,58)/b8-6-,14-12-,20-18-,27-26+,28-25-,35-33+,43-41+. The second-order valence-electron chi connectivity index (χ2n) is 17.2. The lowest BCUT2D eigenvalue weighted by Gasteiger charge is -2.40. The van der Waals surface area contributed by atoms with E-state index < -0.39 is 49.5 Å². The van der Waals surface area contributed by atoms with Gasteiger partial charge in [-0.25, -0.2) is 0 Å². The molecule has 0 spiro atoms. The Bertz CT molecular complexity index is 1260. The van der Waals surface area contributed by atoms with Crippen LogP contribution in [0.2, 0.25) is 0 Å². The fourth-order valence-corrected chi connectivity index (χ4v) is 7.41. The highest BCUT2D eigenvalue weighted by molar-refractivity contribution is 5.76. The van der Waals surface area contributed by atoms with Crippen molar-refractivity contribution in [3.63, 3.8) is 0 Å². The van der Waals surface area contributed by atoms with Crippen molar-refractivity contribution in [3.05, 3.63) is 85.1 Å². The number of aliphatic hydroxyl groups excluding tert-OH is 5. The van der Waals surface area contributed by atoms with E-state index in [0.29, 0.717) is 6.42 Å². The van der Waals surface area contributed by atoms with Gasteiger partial charge in [-0.3, -0.25) is 4.79 Å². The Morgan fingerprint density at radius 2 is 1.00 bits per heavy atom. The molecular formula is C54H93NO8. The van der Waals surface area contributed by atoms with Gasteiger partial charge in [0.2, 0.25) is 5.91 Å². The van der Waals surface area contributed by atoms with Gasteiger partial charge in [-0.1, -0.05) is 189 Å². The Morgan fingerprint density at radius 1 is 0.556 bits per heavy atom. The number of carbonyl (C=O) groups excluding carboxylic acids is 1. The average molecular weight is 884 g/mol. The van der Waals surface area contributed by atoms with E-state index in [9.17, 15) is 30.3 Å². The lowest BCUT2D eigenvalue weighted by Crippen LogP contribution is -2.60. The van der Waals surface area contributed by atoms with Crippen molar-refractivity contribution < 1.29 is 39.8 Å². The third-order valence-electron chi connectivity index (χ3n) is 11.4. The second kappa shape index (κ2) is 43.3. The third-order valence-corrected chi connectivity index (χ3v) is 11.4. The van der Waals surface area contributed by atoms with Gasteiger partial charge in [0.1, 0.15) is 24.4 Å². The van der Waals surface area contributed by atoms with Crippen LogP contribution >= 0.6 is 0 Å². The lowest BCUT2D eigenvalue weighted by molar-refractivity contribution is -0.302. The highest BCUT2D eigenvalue weighted by Crippen LogP contribution is 2.22. The maximum absolute atomic E-state index is 13.0. The van der Waals surface area contributed by atoms with E-state index in [4.69, 9.17) is 9.47 Å². The van der Waals surface area contributed by atoms with Crippen LogP contribution in [-0.4, -0.2) is 87.5 Å². The summed E-state index contributed by atoms with van der Waals surface area (Å²) in [4.78, 5) is 13.0. The maximum atomic E-state index is 13.0. The first-order valence-corrected chi connectivity index (χ1v) is 25.3. The van der Waals surface area contributed by atoms with Gasteiger partial charge in [0.25, 0.3) is 0 Å². The smallest absolute Gasteiger partial charge is 0.220 e. The van der Waals surface area contributed by atoms with Gasteiger partial charge in [0.05, 0.1) is 25.4 Å². The van der Waals surface area contributed by atoms with E-state index in [-0.39, 0.29) is 12.5 Å². The molecular weight excluding hydrogens is 791 g/mol. The predicted molar refractivity (Wildman–Crippen MR) is 262 cm³/mol. The molecule has 0 aromatic heterocycles. The zero-order valence-corrected chi connectivity index (χ0v) is 39.8. The van der Waals surface area contributed by atoms with E-state index >= 15 is 0 Å². The van der Waals surface area contributed by atoms with E-state index in [0.717, 1.165) is 103 Å². The first kappa shape index (κ1) is 58.4. The van der Waals surface area contributed by atoms with Crippen LogP contribution in [-0.2, 0) is 14.3 Å². The summed E-state index contributed by atoms with van der Waals surface area (Å²) in [5.74, 6) is -0.208. The zero-order valence-electron chi connectivity index (χ0n) is 39.8. The number of carbonyl (C=O) groups is 1. The van der Waals surface area contributed by atoms with Crippen LogP contribution < -0.4 is 5.32 Å². The molecule has 1 rings (SSSR count). The van der Waals surface area contributed by atoms with E-state index in [1.165, 1.54) is 70.6 Å². The average Bonchev–Trinajstić information content (AvgIpc) is 3.28. The summed E-state index contributed by atoms with van der Waals surface area (Å²) in [6, 6.07) is -0.841. The quantitative estimate of drug-likeness (QED) is 0.0263. The van der Waals surface area contributed by atoms with Gasteiger partial charge in [-0.2, -0.15) is 0 Å². The van der Waals surface area contributed by atoms with E-state index in [1.807, 2.05) is 6.08 Å².